The topological polar surface area (TPSA) is 48.0 Å². The summed E-state index contributed by atoms with van der Waals surface area (Å²) in [4.78, 5) is 14.6. The van der Waals surface area contributed by atoms with Crippen LogP contribution < -0.4 is 14.4 Å². The second-order valence-electron chi connectivity index (χ2n) is 6.24. The number of ether oxygens (including phenoxy) is 3. The molecule has 5 nitrogen and oxygen atoms in total. The first-order valence-electron chi connectivity index (χ1n) is 8.69. The Morgan fingerprint density at radius 3 is 2.76 bits per heavy atom. The van der Waals surface area contributed by atoms with Crippen molar-refractivity contribution >= 4 is 11.6 Å². The molecule has 2 aliphatic rings. The Bertz CT molecular complexity index is 738. The fraction of sp³-hybridized carbons (Fsp3) is 0.350. The second kappa shape index (κ2) is 7.15. The van der Waals surface area contributed by atoms with Gasteiger partial charge in [0.25, 0.3) is 5.91 Å². The fourth-order valence-corrected chi connectivity index (χ4v) is 3.20. The maximum atomic E-state index is 12.9. The van der Waals surface area contributed by atoms with Crippen molar-refractivity contribution in [1.82, 2.24) is 0 Å². The molecule has 1 saturated heterocycles. The molecule has 0 N–H and O–H groups in total. The van der Waals surface area contributed by atoms with Crippen LogP contribution in [0.5, 0.6) is 11.5 Å². The summed E-state index contributed by atoms with van der Waals surface area (Å²) in [6, 6.07) is 14.9. The first-order valence-corrected chi connectivity index (χ1v) is 8.69. The quantitative estimate of drug-likeness (QED) is 0.858. The van der Waals surface area contributed by atoms with Crippen LogP contribution in [0.15, 0.2) is 48.5 Å². The lowest BCUT2D eigenvalue weighted by atomic mass is 10.1. The summed E-state index contributed by atoms with van der Waals surface area (Å²) in [5, 5.41) is 0. The van der Waals surface area contributed by atoms with E-state index in [-0.39, 0.29) is 12.0 Å². The molecule has 1 amide bonds. The van der Waals surface area contributed by atoms with Crippen LogP contribution in [0.1, 0.15) is 23.2 Å². The Morgan fingerprint density at radius 2 is 1.96 bits per heavy atom. The number of hydrogen-bond donors (Lipinski definition) is 0. The Labute approximate surface area is 147 Å². The van der Waals surface area contributed by atoms with Crippen molar-refractivity contribution in [2.75, 3.05) is 31.3 Å². The highest BCUT2D eigenvalue weighted by Gasteiger charge is 2.24. The highest BCUT2D eigenvalue weighted by atomic mass is 16.5. The molecule has 5 heteroatoms. The number of carbonyl (C=O) groups is 1. The molecule has 1 atom stereocenters. The van der Waals surface area contributed by atoms with E-state index in [9.17, 15) is 4.79 Å². The van der Waals surface area contributed by atoms with E-state index in [0.29, 0.717) is 25.3 Å². The number of rotatable bonds is 4. The molecule has 0 spiro atoms. The highest BCUT2D eigenvalue weighted by Crippen LogP contribution is 2.32. The molecule has 0 radical (unpaired) electrons. The number of fused-ring (bicyclic) bond motifs is 1. The number of benzene rings is 2. The molecule has 0 aromatic heterocycles. The van der Waals surface area contributed by atoms with Crippen LogP contribution >= 0.6 is 0 Å². The SMILES string of the molecule is O=C(c1ccc(OCC2CCCO2)cc1)N1CCOc2ccccc21. The van der Waals surface area contributed by atoms with Gasteiger partial charge in [-0.25, -0.2) is 0 Å². The monoisotopic (exact) mass is 339 g/mol. The van der Waals surface area contributed by atoms with Crippen molar-refractivity contribution in [2.45, 2.75) is 18.9 Å². The summed E-state index contributed by atoms with van der Waals surface area (Å²) in [5.41, 5.74) is 1.46. The minimum absolute atomic E-state index is 0.0265. The Kier molecular flexibility index (Phi) is 4.57. The van der Waals surface area contributed by atoms with Gasteiger partial charge in [-0.2, -0.15) is 0 Å². The van der Waals surface area contributed by atoms with E-state index in [2.05, 4.69) is 0 Å². The van der Waals surface area contributed by atoms with E-state index < -0.39 is 0 Å². The summed E-state index contributed by atoms with van der Waals surface area (Å²) in [6.45, 7) is 2.44. The fourth-order valence-electron chi connectivity index (χ4n) is 3.20. The predicted molar refractivity (Wildman–Crippen MR) is 94.5 cm³/mol. The van der Waals surface area contributed by atoms with Gasteiger partial charge < -0.3 is 19.1 Å². The molecule has 0 saturated carbocycles. The van der Waals surface area contributed by atoms with Gasteiger partial charge in [-0.15, -0.1) is 0 Å². The molecule has 2 aromatic rings. The lowest BCUT2D eigenvalue weighted by Gasteiger charge is -2.29. The predicted octanol–water partition coefficient (Wildman–Crippen LogP) is 3.28. The average Bonchev–Trinajstić information content (AvgIpc) is 3.19. The summed E-state index contributed by atoms with van der Waals surface area (Å²) in [5.74, 6) is 1.48. The normalized spacial score (nSPS) is 19.2. The lowest BCUT2D eigenvalue weighted by Crippen LogP contribution is -2.37. The van der Waals surface area contributed by atoms with Crippen molar-refractivity contribution in [1.29, 1.82) is 0 Å². The van der Waals surface area contributed by atoms with Crippen LogP contribution in [0.4, 0.5) is 5.69 Å². The van der Waals surface area contributed by atoms with Gasteiger partial charge in [-0.3, -0.25) is 4.79 Å². The second-order valence-corrected chi connectivity index (χ2v) is 6.24. The number of carbonyl (C=O) groups excluding carboxylic acids is 1. The minimum Gasteiger partial charge on any atom is -0.491 e. The van der Waals surface area contributed by atoms with Crippen LogP contribution in [0, 0.1) is 0 Å². The maximum absolute atomic E-state index is 12.9. The van der Waals surface area contributed by atoms with Crippen molar-refractivity contribution in [3.8, 4) is 11.5 Å². The molecule has 2 heterocycles. The number of hydrogen-bond acceptors (Lipinski definition) is 4. The first kappa shape index (κ1) is 16.0. The molecule has 2 aromatic carbocycles. The minimum atomic E-state index is -0.0265. The molecule has 25 heavy (non-hydrogen) atoms. The molecule has 0 bridgehead atoms. The third-order valence-corrected chi connectivity index (χ3v) is 4.53. The zero-order valence-corrected chi connectivity index (χ0v) is 14.0. The van der Waals surface area contributed by atoms with Gasteiger partial charge in [-0.1, -0.05) is 12.1 Å². The van der Waals surface area contributed by atoms with E-state index in [1.54, 1.807) is 4.90 Å². The van der Waals surface area contributed by atoms with Gasteiger partial charge in [0.1, 0.15) is 24.7 Å². The Hall–Kier alpha value is -2.53. The zero-order valence-electron chi connectivity index (χ0n) is 14.0. The molecular formula is C20H21NO4. The van der Waals surface area contributed by atoms with Crippen LogP contribution in [-0.2, 0) is 4.74 Å². The third-order valence-electron chi connectivity index (χ3n) is 4.53. The highest BCUT2D eigenvalue weighted by molar-refractivity contribution is 6.07. The van der Waals surface area contributed by atoms with E-state index >= 15 is 0 Å². The van der Waals surface area contributed by atoms with Gasteiger partial charge in [0.15, 0.2) is 0 Å². The van der Waals surface area contributed by atoms with Gasteiger partial charge in [0.2, 0.25) is 0 Å². The zero-order chi connectivity index (χ0) is 17.1. The van der Waals surface area contributed by atoms with Crippen molar-refractivity contribution in [3.05, 3.63) is 54.1 Å². The summed E-state index contributed by atoms with van der Waals surface area (Å²) in [6.07, 6.45) is 2.33. The number of para-hydroxylation sites is 2. The standard InChI is InChI=1S/C20H21NO4/c22-20(21-11-13-24-19-6-2-1-5-18(19)21)15-7-9-16(10-8-15)25-14-17-4-3-12-23-17/h1-2,5-10,17H,3-4,11-14H2. The summed E-state index contributed by atoms with van der Waals surface area (Å²) >= 11 is 0. The number of anilines is 1. The molecular weight excluding hydrogens is 318 g/mol. The molecule has 0 aliphatic carbocycles. The first-order chi connectivity index (χ1) is 12.3. The van der Waals surface area contributed by atoms with Crippen LogP contribution in [0.2, 0.25) is 0 Å². The van der Waals surface area contributed by atoms with E-state index in [1.165, 1.54) is 0 Å². The van der Waals surface area contributed by atoms with Crippen LogP contribution in [-0.4, -0.2) is 38.4 Å². The number of amides is 1. The molecule has 1 fully saturated rings. The van der Waals surface area contributed by atoms with Gasteiger partial charge in [0, 0.05) is 12.2 Å². The number of nitrogens with zero attached hydrogens (tertiary/aromatic N) is 1. The Morgan fingerprint density at radius 1 is 1.12 bits per heavy atom. The molecule has 130 valence electrons. The van der Waals surface area contributed by atoms with E-state index in [4.69, 9.17) is 14.2 Å². The third kappa shape index (κ3) is 3.46. The van der Waals surface area contributed by atoms with Gasteiger partial charge >= 0.3 is 0 Å². The Balaban J connectivity index is 1.44. The van der Waals surface area contributed by atoms with Crippen LogP contribution in [0.25, 0.3) is 0 Å². The summed E-state index contributed by atoms with van der Waals surface area (Å²) < 4.78 is 16.9. The molecule has 1 unspecified atom stereocenters. The van der Waals surface area contributed by atoms with Gasteiger partial charge in [-0.05, 0) is 49.2 Å². The summed E-state index contributed by atoms with van der Waals surface area (Å²) in [7, 11) is 0. The maximum Gasteiger partial charge on any atom is 0.258 e. The van der Waals surface area contributed by atoms with E-state index in [0.717, 1.165) is 36.6 Å². The van der Waals surface area contributed by atoms with Crippen LogP contribution in [0.3, 0.4) is 0 Å². The molecule has 4 rings (SSSR count). The largest absolute Gasteiger partial charge is 0.491 e. The van der Waals surface area contributed by atoms with Crippen molar-refractivity contribution < 1.29 is 19.0 Å². The van der Waals surface area contributed by atoms with Crippen molar-refractivity contribution in [2.24, 2.45) is 0 Å². The average molecular weight is 339 g/mol. The van der Waals surface area contributed by atoms with Gasteiger partial charge in [0.05, 0.1) is 18.3 Å². The van der Waals surface area contributed by atoms with E-state index in [1.807, 2.05) is 48.5 Å². The lowest BCUT2D eigenvalue weighted by molar-refractivity contribution is 0.0679. The smallest absolute Gasteiger partial charge is 0.258 e. The van der Waals surface area contributed by atoms with Crippen molar-refractivity contribution in [3.63, 3.8) is 0 Å². The molecule has 2 aliphatic heterocycles.